The fourth-order valence-electron chi connectivity index (χ4n) is 3.09. The van der Waals surface area contributed by atoms with Crippen molar-refractivity contribution >= 4 is 12.4 Å². The van der Waals surface area contributed by atoms with E-state index in [1.807, 2.05) is 12.1 Å². The summed E-state index contributed by atoms with van der Waals surface area (Å²) in [6, 6.07) is 9.36. The van der Waals surface area contributed by atoms with E-state index in [-0.39, 0.29) is 24.2 Å². The van der Waals surface area contributed by atoms with Gasteiger partial charge in [0.1, 0.15) is 0 Å². The van der Waals surface area contributed by atoms with Gasteiger partial charge in [-0.2, -0.15) is 8.78 Å². The lowest BCUT2D eigenvalue weighted by Crippen LogP contribution is -2.45. The van der Waals surface area contributed by atoms with Crippen LogP contribution in [0.2, 0.25) is 0 Å². The van der Waals surface area contributed by atoms with Crippen LogP contribution >= 0.6 is 12.4 Å². The molecule has 1 fully saturated rings. The largest absolute Gasteiger partial charge is 0.493 e. The number of rotatable bonds is 6. The molecule has 142 valence electrons. The van der Waals surface area contributed by atoms with Gasteiger partial charge in [0.2, 0.25) is 0 Å². The van der Waals surface area contributed by atoms with Crippen LogP contribution in [0.15, 0.2) is 42.7 Å². The number of pyridine rings is 1. The summed E-state index contributed by atoms with van der Waals surface area (Å²) in [6.07, 6.45) is 3.59. The highest BCUT2D eigenvalue weighted by atomic mass is 35.5. The number of halogens is 3. The molecule has 3 rings (SSSR count). The number of piperazine rings is 1. The van der Waals surface area contributed by atoms with Crippen molar-refractivity contribution in [2.45, 2.75) is 19.2 Å². The van der Waals surface area contributed by atoms with Gasteiger partial charge < -0.3 is 14.8 Å². The first-order valence-electron chi connectivity index (χ1n) is 8.14. The highest BCUT2D eigenvalue weighted by Gasteiger charge is 2.24. The van der Waals surface area contributed by atoms with Crippen molar-refractivity contribution in [1.29, 1.82) is 0 Å². The van der Waals surface area contributed by atoms with Crippen LogP contribution in [0.25, 0.3) is 0 Å². The first-order chi connectivity index (χ1) is 12.2. The first kappa shape index (κ1) is 20.4. The summed E-state index contributed by atoms with van der Waals surface area (Å²) in [6.45, 7) is 0.479. The van der Waals surface area contributed by atoms with Crippen LogP contribution < -0.4 is 14.8 Å². The Labute approximate surface area is 157 Å². The molecule has 1 saturated heterocycles. The number of nitrogens with zero attached hydrogens (tertiary/aromatic N) is 2. The third-order valence-electron chi connectivity index (χ3n) is 4.27. The maximum Gasteiger partial charge on any atom is 0.387 e. The van der Waals surface area contributed by atoms with Crippen molar-refractivity contribution in [3.05, 3.63) is 53.9 Å². The minimum absolute atomic E-state index is 0. The molecule has 0 saturated carbocycles. The molecule has 2 heterocycles. The van der Waals surface area contributed by atoms with E-state index in [1.54, 1.807) is 24.5 Å². The number of hydrogen-bond acceptors (Lipinski definition) is 5. The average molecular weight is 386 g/mol. The number of ether oxygens (including phenoxy) is 2. The van der Waals surface area contributed by atoms with Gasteiger partial charge in [-0.3, -0.25) is 9.88 Å². The molecule has 2 aromatic rings. The van der Waals surface area contributed by atoms with Gasteiger partial charge in [-0.05, 0) is 35.4 Å². The minimum Gasteiger partial charge on any atom is -0.493 e. The smallest absolute Gasteiger partial charge is 0.387 e. The topological polar surface area (TPSA) is 46.6 Å². The molecule has 0 spiro atoms. The predicted octanol–water partition coefficient (Wildman–Crippen LogP) is 3.26. The van der Waals surface area contributed by atoms with Gasteiger partial charge in [0, 0.05) is 44.6 Å². The minimum atomic E-state index is -2.87. The molecule has 0 aliphatic carbocycles. The van der Waals surface area contributed by atoms with Crippen molar-refractivity contribution < 1.29 is 18.3 Å². The summed E-state index contributed by atoms with van der Waals surface area (Å²) in [5.74, 6) is 0.362. The van der Waals surface area contributed by atoms with Crippen molar-refractivity contribution in [3.63, 3.8) is 0 Å². The highest BCUT2D eigenvalue weighted by Crippen LogP contribution is 2.31. The normalized spacial score (nSPS) is 17.6. The van der Waals surface area contributed by atoms with Crippen LogP contribution in [-0.4, -0.2) is 43.2 Å². The Morgan fingerprint density at radius 2 is 2.00 bits per heavy atom. The number of benzene rings is 1. The summed E-state index contributed by atoms with van der Waals surface area (Å²) in [7, 11) is 1.45. The van der Waals surface area contributed by atoms with E-state index in [4.69, 9.17) is 4.74 Å². The van der Waals surface area contributed by atoms with Gasteiger partial charge >= 0.3 is 6.61 Å². The quantitative estimate of drug-likeness (QED) is 0.827. The van der Waals surface area contributed by atoms with Crippen LogP contribution in [0.3, 0.4) is 0 Å². The molecular formula is C18H22ClF2N3O2. The number of hydrogen-bond donors (Lipinski definition) is 1. The van der Waals surface area contributed by atoms with Gasteiger partial charge in [0.05, 0.1) is 7.11 Å². The van der Waals surface area contributed by atoms with E-state index in [0.29, 0.717) is 12.3 Å². The molecule has 0 amide bonds. The lowest BCUT2D eigenvalue weighted by molar-refractivity contribution is -0.0512. The molecule has 1 aliphatic heterocycles. The first-order valence-corrected chi connectivity index (χ1v) is 8.14. The molecule has 1 aromatic carbocycles. The van der Waals surface area contributed by atoms with E-state index in [1.165, 1.54) is 18.7 Å². The van der Waals surface area contributed by atoms with Crippen LogP contribution in [-0.2, 0) is 6.54 Å². The Bertz CT molecular complexity index is 691. The lowest BCUT2D eigenvalue weighted by atomic mass is 10.0. The van der Waals surface area contributed by atoms with Crippen LogP contribution in [0.1, 0.15) is 17.2 Å². The van der Waals surface area contributed by atoms with Gasteiger partial charge in [-0.1, -0.05) is 6.07 Å². The van der Waals surface area contributed by atoms with E-state index < -0.39 is 6.61 Å². The highest BCUT2D eigenvalue weighted by molar-refractivity contribution is 5.85. The van der Waals surface area contributed by atoms with E-state index in [0.717, 1.165) is 25.2 Å². The zero-order chi connectivity index (χ0) is 17.6. The summed E-state index contributed by atoms with van der Waals surface area (Å²) in [4.78, 5) is 6.43. The number of methoxy groups -OCH3 is 1. The Morgan fingerprint density at radius 1 is 1.23 bits per heavy atom. The average Bonchev–Trinajstić information content (AvgIpc) is 2.64. The molecule has 1 aliphatic rings. The molecule has 1 N–H and O–H groups in total. The third-order valence-corrected chi connectivity index (χ3v) is 4.27. The van der Waals surface area contributed by atoms with Crippen molar-refractivity contribution in [2.75, 3.05) is 26.7 Å². The second kappa shape index (κ2) is 9.66. The molecule has 1 aromatic heterocycles. The standard InChI is InChI=1S/C18H21F2N3O2.ClH/c1-24-17-10-13(2-3-16(17)25-18(19)20)12-23-9-8-22-11-15(23)14-4-6-21-7-5-14;/h2-7,10,15,18,22H,8-9,11-12H2,1H3;1H. The van der Waals surface area contributed by atoms with E-state index in [2.05, 4.69) is 19.9 Å². The van der Waals surface area contributed by atoms with Crippen molar-refractivity contribution in [1.82, 2.24) is 15.2 Å². The van der Waals surface area contributed by atoms with Gasteiger partial charge in [-0.25, -0.2) is 0 Å². The van der Waals surface area contributed by atoms with Crippen LogP contribution in [0, 0.1) is 0 Å². The van der Waals surface area contributed by atoms with Gasteiger partial charge in [0.25, 0.3) is 0 Å². The zero-order valence-electron chi connectivity index (χ0n) is 14.4. The van der Waals surface area contributed by atoms with Crippen molar-refractivity contribution in [2.24, 2.45) is 0 Å². The summed E-state index contributed by atoms with van der Waals surface area (Å²) in [5.41, 5.74) is 2.19. The van der Waals surface area contributed by atoms with E-state index >= 15 is 0 Å². The third kappa shape index (κ3) is 5.03. The summed E-state index contributed by atoms with van der Waals surface area (Å²) >= 11 is 0. The van der Waals surface area contributed by atoms with Gasteiger partial charge in [-0.15, -0.1) is 12.4 Å². The maximum atomic E-state index is 12.5. The second-order valence-corrected chi connectivity index (χ2v) is 5.83. The predicted molar refractivity (Wildman–Crippen MR) is 97.1 cm³/mol. The van der Waals surface area contributed by atoms with Crippen molar-refractivity contribution in [3.8, 4) is 11.5 Å². The molecule has 5 nitrogen and oxygen atoms in total. The zero-order valence-corrected chi connectivity index (χ0v) is 15.2. The maximum absolute atomic E-state index is 12.5. The Kier molecular flexibility index (Phi) is 7.56. The van der Waals surface area contributed by atoms with Crippen LogP contribution in [0.5, 0.6) is 11.5 Å². The van der Waals surface area contributed by atoms with Crippen LogP contribution in [0.4, 0.5) is 8.78 Å². The molecular weight excluding hydrogens is 364 g/mol. The second-order valence-electron chi connectivity index (χ2n) is 5.83. The monoisotopic (exact) mass is 385 g/mol. The lowest BCUT2D eigenvalue weighted by Gasteiger charge is -2.36. The molecule has 0 bridgehead atoms. The fraction of sp³-hybridized carbons (Fsp3) is 0.389. The molecule has 1 unspecified atom stereocenters. The Balaban J connectivity index is 0.00000243. The SMILES string of the molecule is COc1cc(CN2CCNCC2c2ccncc2)ccc1OC(F)F.Cl. The van der Waals surface area contributed by atoms with E-state index in [9.17, 15) is 8.78 Å². The number of aromatic nitrogens is 1. The fourth-order valence-corrected chi connectivity index (χ4v) is 3.09. The number of nitrogens with one attached hydrogen (secondary N) is 1. The Morgan fingerprint density at radius 3 is 2.69 bits per heavy atom. The number of alkyl halides is 2. The molecule has 8 heteroatoms. The molecule has 26 heavy (non-hydrogen) atoms. The molecule has 0 radical (unpaired) electrons. The van der Waals surface area contributed by atoms with Gasteiger partial charge in [0.15, 0.2) is 11.5 Å². The molecule has 1 atom stereocenters. The Hall–Kier alpha value is -1.96. The summed E-state index contributed by atoms with van der Waals surface area (Å²) < 4.78 is 34.6. The summed E-state index contributed by atoms with van der Waals surface area (Å²) in [5, 5.41) is 3.41.